The van der Waals surface area contributed by atoms with Gasteiger partial charge >= 0.3 is 0 Å². The van der Waals surface area contributed by atoms with Crippen LogP contribution >= 0.6 is 0 Å². The summed E-state index contributed by atoms with van der Waals surface area (Å²) >= 11 is 0. The van der Waals surface area contributed by atoms with E-state index in [4.69, 9.17) is 5.73 Å². The zero-order valence-corrected chi connectivity index (χ0v) is 15.3. The number of hydrogen-bond acceptors (Lipinski definition) is 7. The minimum absolute atomic E-state index is 0.0356. The van der Waals surface area contributed by atoms with Crippen molar-refractivity contribution in [3.05, 3.63) is 48.5 Å². The number of nitrogen functional groups attached to an aromatic ring is 1. The van der Waals surface area contributed by atoms with Gasteiger partial charge in [-0.05, 0) is 18.2 Å². The topological polar surface area (TPSA) is 123 Å². The molecule has 3 rings (SSSR count). The highest BCUT2D eigenvalue weighted by Gasteiger charge is 2.14. The number of nitrogens with one attached hydrogen (secondary N) is 1. The average molecular weight is 367 g/mol. The third-order valence-electron chi connectivity index (χ3n) is 3.33. The van der Waals surface area contributed by atoms with Crippen molar-refractivity contribution >= 4 is 17.5 Å². The first-order chi connectivity index (χ1) is 13.0. The maximum Gasteiger partial charge on any atom is 0.240 e. The van der Waals surface area contributed by atoms with Crippen LogP contribution < -0.4 is 11.1 Å². The lowest BCUT2D eigenvalue weighted by atomic mass is 10.0. The third-order valence-corrected chi connectivity index (χ3v) is 3.33. The number of phenols is 1. The molecule has 0 aliphatic rings. The van der Waals surface area contributed by atoms with E-state index in [1.165, 1.54) is 13.0 Å². The van der Waals surface area contributed by atoms with Gasteiger partial charge in [0.1, 0.15) is 17.1 Å². The lowest BCUT2D eigenvalue weighted by Crippen LogP contribution is -2.06. The number of anilines is 2. The number of methoxy groups -OCH3 is 1. The Bertz CT molecular complexity index is 916. The van der Waals surface area contributed by atoms with E-state index in [1.54, 1.807) is 26.4 Å². The van der Waals surface area contributed by atoms with Crippen LogP contribution in [0.1, 0.15) is 6.92 Å². The van der Waals surface area contributed by atoms with E-state index in [9.17, 15) is 9.90 Å². The molecule has 0 unspecified atom stereocenters. The predicted molar refractivity (Wildman–Crippen MR) is 104 cm³/mol. The molecule has 2 aromatic carbocycles. The summed E-state index contributed by atoms with van der Waals surface area (Å²) in [7, 11) is 3.25. The van der Waals surface area contributed by atoms with Crippen LogP contribution in [0.15, 0.2) is 48.5 Å². The first-order valence-electron chi connectivity index (χ1n) is 8.03. The first-order valence-corrected chi connectivity index (χ1v) is 8.03. The van der Waals surface area contributed by atoms with Crippen LogP contribution in [-0.2, 0) is 9.53 Å². The maximum atomic E-state index is 11.3. The van der Waals surface area contributed by atoms with Crippen molar-refractivity contribution in [3.8, 4) is 28.3 Å². The monoisotopic (exact) mass is 367 g/mol. The Morgan fingerprint density at radius 2 is 1.70 bits per heavy atom. The van der Waals surface area contributed by atoms with Crippen molar-refractivity contribution < 1.29 is 14.6 Å². The zero-order valence-electron chi connectivity index (χ0n) is 15.3. The van der Waals surface area contributed by atoms with E-state index in [0.29, 0.717) is 17.0 Å². The number of carbonyl (C=O) groups excluding carboxylic acids is 1. The first kappa shape index (κ1) is 19.8. The lowest BCUT2D eigenvalue weighted by molar-refractivity contribution is -0.114. The molecule has 1 heterocycles. The van der Waals surface area contributed by atoms with Crippen LogP contribution in [0.2, 0.25) is 0 Å². The fraction of sp³-hybridized carbons (Fsp3) is 0.158. The number of ether oxygens (including phenoxy) is 1. The number of rotatable bonds is 3. The van der Waals surface area contributed by atoms with Crippen LogP contribution in [0.3, 0.4) is 0 Å². The molecule has 27 heavy (non-hydrogen) atoms. The van der Waals surface area contributed by atoms with Gasteiger partial charge in [-0.15, -0.1) is 10.2 Å². The third kappa shape index (κ3) is 5.23. The van der Waals surface area contributed by atoms with Gasteiger partial charge in [-0.2, -0.15) is 0 Å². The number of amides is 1. The number of hydrogen-bond donors (Lipinski definition) is 3. The van der Waals surface area contributed by atoms with E-state index >= 15 is 0 Å². The quantitative estimate of drug-likeness (QED) is 0.608. The van der Waals surface area contributed by atoms with Crippen molar-refractivity contribution in [2.75, 3.05) is 25.3 Å². The number of benzene rings is 2. The fourth-order valence-corrected chi connectivity index (χ4v) is 2.30. The molecule has 0 aliphatic carbocycles. The van der Waals surface area contributed by atoms with Crippen LogP contribution in [0.5, 0.6) is 5.75 Å². The van der Waals surface area contributed by atoms with E-state index in [2.05, 4.69) is 25.2 Å². The minimum Gasteiger partial charge on any atom is -0.506 e. The second-order valence-electron chi connectivity index (χ2n) is 5.55. The summed E-state index contributed by atoms with van der Waals surface area (Å²) in [5.74, 6) is -0.253. The van der Waals surface area contributed by atoms with Crippen LogP contribution in [0, 0.1) is 0 Å². The summed E-state index contributed by atoms with van der Waals surface area (Å²) in [6, 6.07) is 14.2. The number of nitrogens with two attached hydrogens (primary N) is 1. The van der Waals surface area contributed by atoms with Gasteiger partial charge in [-0.1, -0.05) is 30.3 Å². The molecular formula is C19H21N5O3. The number of aromatic nitrogens is 3. The molecule has 0 spiro atoms. The highest BCUT2D eigenvalue weighted by Crippen LogP contribution is 2.33. The standard InChI is InChI=1S/C17H15N5O2.C2H6O/c1-10(23)19-13-9-12(7-8-14(13)24)16-15(20-17(18)22-21-16)11-5-3-2-4-6-11;1-3-2/h2-9,24H,1H3,(H,19,23)(H2,18,20,22);1-2H3. The van der Waals surface area contributed by atoms with E-state index in [-0.39, 0.29) is 23.3 Å². The molecule has 4 N–H and O–H groups in total. The molecule has 3 aromatic rings. The van der Waals surface area contributed by atoms with Gasteiger partial charge < -0.3 is 20.9 Å². The SMILES string of the molecule is CC(=O)Nc1cc(-c2nnc(N)nc2-c2ccccc2)ccc1O.COC. The number of nitrogens with zero attached hydrogens (tertiary/aromatic N) is 3. The molecule has 0 saturated carbocycles. The molecule has 0 atom stereocenters. The van der Waals surface area contributed by atoms with Gasteiger partial charge in [0.15, 0.2) is 0 Å². The van der Waals surface area contributed by atoms with Gasteiger partial charge in [0.05, 0.1) is 5.69 Å². The van der Waals surface area contributed by atoms with Crippen molar-refractivity contribution in [2.45, 2.75) is 6.92 Å². The summed E-state index contributed by atoms with van der Waals surface area (Å²) in [4.78, 5) is 15.6. The van der Waals surface area contributed by atoms with Crippen LogP contribution in [0.25, 0.3) is 22.5 Å². The van der Waals surface area contributed by atoms with Gasteiger partial charge in [0, 0.05) is 32.3 Å². The van der Waals surface area contributed by atoms with E-state index in [1.807, 2.05) is 30.3 Å². The summed E-state index contributed by atoms with van der Waals surface area (Å²) in [6.45, 7) is 1.37. The molecule has 1 aromatic heterocycles. The lowest BCUT2D eigenvalue weighted by Gasteiger charge is -2.11. The second kappa shape index (κ2) is 9.25. The molecule has 140 valence electrons. The molecule has 8 heteroatoms. The Hall–Kier alpha value is -3.52. The summed E-state index contributed by atoms with van der Waals surface area (Å²) in [5.41, 5.74) is 8.53. The molecular weight excluding hydrogens is 346 g/mol. The molecule has 0 saturated heterocycles. The average Bonchev–Trinajstić information content (AvgIpc) is 2.65. The summed E-state index contributed by atoms with van der Waals surface area (Å²) in [5, 5.41) is 20.4. The van der Waals surface area contributed by atoms with Gasteiger partial charge in [0.25, 0.3) is 0 Å². The second-order valence-corrected chi connectivity index (χ2v) is 5.55. The van der Waals surface area contributed by atoms with Crippen molar-refractivity contribution in [1.82, 2.24) is 15.2 Å². The Kier molecular flexibility index (Phi) is 6.79. The van der Waals surface area contributed by atoms with Gasteiger partial charge in [0.2, 0.25) is 11.9 Å². The van der Waals surface area contributed by atoms with Crippen LogP contribution in [-0.4, -0.2) is 40.4 Å². The number of carbonyl (C=O) groups is 1. The minimum atomic E-state index is -0.285. The molecule has 0 aliphatic heterocycles. The zero-order chi connectivity index (χ0) is 19.8. The van der Waals surface area contributed by atoms with Crippen molar-refractivity contribution in [1.29, 1.82) is 0 Å². The Morgan fingerprint density at radius 3 is 2.33 bits per heavy atom. The number of phenolic OH excluding ortho intramolecular Hbond substituents is 1. The molecule has 0 fully saturated rings. The molecule has 1 amide bonds. The molecule has 0 bridgehead atoms. The smallest absolute Gasteiger partial charge is 0.240 e. The molecule has 8 nitrogen and oxygen atoms in total. The Labute approximate surface area is 157 Å². The Balaban J connectivity index is 0.000000817. The highest BCUT2D eigenvalue weighted by atomic mass is 16.4. The normalized spacial score (nSPS) is 9.89. The largest absolute Gasteiger partial charge is 0.506 e. The van der Waals surface area contributed by atoms with Crippen molar-refractivity contribution in [3.63, 3.8) is 0 Å². The van der Waals surface area contributed by atoms with Gasteiger partial charge in [-0.3, -0.25) is 4.79 Å². The maximum absolute atomic E-state index is 11.3. The highest BCUT2D eigenvalue weighted by molar-refractivity contribution is 5.92. The van der Waals surface area contributed by atoms with Crippen LogP contribution in [0.4, 0.5) is 11.6 Å². The Morgan fingerprint density at radius 1 is 1.04 bits per heavy atom. The number of aromatic hydroxyl groups is 1. The van der Waals surface area contributed by atoms with Crippen molar-refractivity contribution in [2.24, 2.45) is 0 Å². The summed E-state index contributed by atoms with van der Waals surface area (Å²) < 4.78 is 4.25. The predicted octanol–water partition coefficient (Wildman–Crippen LogP) is 2.71. The van der Waals surface area contributed by atoms with E-state index in [0.717, 1.165) is 5.56 Å². The molecule has 0 radical (unpaired) electrons. The summed E-state index contributed by atoms with van der Waals surface area (Å²) in [6.07, 6.45) is 0. The fourth-order valence-electron chi connectivity index (χ4n) is 2.30. The van der Waals surface area contributed by atoms with Gasteiger partial charge in [-0.25, -0.2) is 4.98 Å². The van der Waals surface area contributed by atoms with E-state index < -0.39 is 0 Å².